The molecule has 2 aromatic carbocycles. The van der Waals surface area contributed by atoms with Gasteiger partial charge in [0, 0.05) is 13.2 Å². The fourth-order valence-corrected chi connectivity index (χ4v) is 3.49. The lowest BCUT2D eigenvalue weighted by molar-refractivity contribution is -0.304. The highest BCUT2D eigenvalue weighted by Gasteiger charge is 2.45. The standard InChI is InChI=1S/C24H28O11/c1-32-23-21(30)19(12-34-20(29)7-4-13-2-5-15(25)17(27)10-13)35-24(22(23)31)33-9-8-14-3-6-16(26)18(28)11-14/h2-7,10-11,19,21-28,30-31H,8-9,12H2,1H3/b7-4+/t19-,21+,22-,23-,24+/m0/s1. The van der Waals surface area contributed by atoms with Crippen LogP contribution in [-0.2, 0) is 30.2 Å². The lowest BCUT2D eigenvalue weighted by atomic mass is 9.99. The second kappa shape index (κ2) is 11.9. The Hall–Kier alpha value is -3.35. The molecule has 5 atom stereocenters. The Labute approximate surface area is 201 Å². The first-order valence-electron chi connectivity index (χ1n) is 10.7. The average Bonchev–Trinajstić information content (AvgIpc) is 2.83. The van der Waals surface area contributed by atoms with E-state index in [1.807, 2.05) is 0 Å². The molecule has 0 amide bonds. The lowest BCUT2D eigenvalue weighted by Gasteiger charge is -2.41. The minimum atomic E-state index is -1.32. The van der Waals surface area contributed by atoms with E-state index in [1.54, 1.807) is 6.07 Å². The molecule has 1 aliphatic heterocycles. The summed E-state index contributed by atoms with van der Waals surface area (Å²) in [4.78, 5) is 12.1. The Morgan fingerprint density at radius 3 is 2.31 bits per heavy atom. The van der Waals surface area contributed by atoms with E-state index in [2.05, 4.69) is 0 Å². The van der Waals surface area contributed by atoms with Crippen LogP contribution in [0, 0.1) is 0 Å². The van der Waals surface area contributed by atoms with Crippen LogP contribution < -0.4 is 0 Å². The highest BCUT2D eigenvalue weighted by molar-refractivity contribution is 5.87. The first-order chi connectivity index (χ1) is 16.7. The normalized spacial score (nSPS) is 24.5. The van der Waals surface area contributed by atoms with Gasteiger partial charge in [0.2, 0.25) is 0 Å². The van der Waals surface area contributed by atoms with Crippen LogP contribution in [0.4, 0.5) is 0 Å². The monoisotopic (exact) mass is 492 g/mol. The van der Waals surface area contributed by atoms with Crippen molar-refractivity contribution in [3.8, 4) is 23.0 Å². The van der Waals surface area contributed by atoms with Gasteiger partial charge in [0.15, 0.2) is 29.3 Å². The molecule has 35 heavy (non-hydrogen) atoms. The quantitative estimate of drug-likeness (QED) is 0.166. The molecule has 1 fully saturated rings. The molecule has 1 heterocycles. The molecule has 0 bridgehead atoms. The molecule has 2 aromatic rings. The van der Waals surface area contributed by atoms with Crippen molar-refractivity contribution in [3.63, 3.8) is 0 Å². The molecule has 6 N–H and O–H groups in total. The van der Waals surface area contributed by atoms with Gasteiger partial charge >= 0.3 is 5.97 Å². The molecule has 1 saturated heterocycles. The number of methoxy groups -OCH3 is 1. The molecule has 11 heteroatoms. The number of aliphatic hydroxyl groups is 2. The van der Waals surface area contributed by atoms with Gasteiger partial charge in [-0.3, -0.25) is 0 Å². The lowest BCUT2D eigenvalue weighted by Crippen LogP contribution is -2.60. The smallest absolute Gasteiger partial charge is 0.330 e. The summed E-state index contributed by atoms with van der Waals surface area (Å²) in [5.41, 5.74) is 1.12. The summed E-state index contributed by atoms with van der Waals surface area (Å²) in [6, 6.07) is 8.35. The highest BCUT2D eigenvalue weighted by Crippen LogP contribution is 2.27. The van der Waals surface area contributed by atoms with E-state index in [0.717, 1.165) is 6.08 Å². The third-order valence-corrected chi connectivity index (χ3v) is 5.43. The Morgan fingerprint density at radius 2 is 1.66 bits per heavy atom. The van der Waals surface area contributed by atoms with Crippen molar-refractivity contribution in [2.75, 3.05) is 20.3 Å². The van der Waals surface area contributed by atoms with Gasteiger partial charge in [-0.15, -0.1) is 0 Å². The number of carbonyl (C=O) groups is 1. The molecule has 1 aliphatic rings. The summed E-state index contributed by atoms with van der Waals surface area (Å²) in [7, 11) is 1.30. The summed E-state index contributed by atoms with van der Waals surface area (Å²) in [5.74, 6) is -1.89. The molecule has 190 valence electrons. The molecular weight excluding hydrogens is 464 g/mol. The molecule has 0 radical (unpaired) electrons. The number of carbonyl (C=O) groups excluding carboxylic acids is 1. The summed E-state index contributed by atoms with van der Waals surface area (Å²) < 4.78 is 21.5. The maximum atomic E-state index is 12.1. The van der Waals surface area contributed by atoms with E-state index < -0.39 is 36.7 Å². The number of benzene rings is 2. The Morgan fingerprint density at radius 1 is 0.971 bits per heavy atom. The third kappa shape index (κ3) is 6.84. The van der Waals surface area contributed by atoms with Gasteiger partial charge < -0.3 is 49.6 Å². The minimum Gasteiger partial charge on any atom is -0.504 e. The Kier molecular flexibility index (Phi) is 8.90. The van der Waals surface area contributed by atoms with Gasteiger partial charge in [-0.05, 0) is 47.9 Å². The molecule has 3 rings (SSSR count). The summed E-state index contributed by atoms with van der Waals surface area (Å²) in [5, 5.41) is 58.7. The van der Waals surface area contributed by atoms with Crippen LogP contribution >= 0.6 is 0 Å². The largest absolute Gasteiger partial charge is 0.504 e. The van der Waals surface area contributed by atoms with E-state index in [0.29, 0.717) is 17.5 Å². The molecule has 0 saturated carbocycles. The molecular formula is C24H28O11. The van der Waals surface area contributed by atoms with E-state index in [4.69, 9.17) is 18.9 Å². The molecule has 0 aliphatic carbocycles. The van der Waals surface area contributed by atoms with Gasteiger partial charge in [0.05, 0.1) is 6.61 Å². The van der Waals surface area contributed by atoms with Crippen molar-refractivity contribution in [3.05, 3.63) is 53.6 Å². The van der Waals surface area contributed by atoms with E-state index in [9.17, 15) is 35.4 Å². The number of aromatic hydroxyl groups is 4. The first kappa shape index (κ1) is 26.3. The van der Waals surface area contributed by atoms with Crippen molar-refractivity contribution in [2.45, 2.75) is 37.1 Å². The average molecular weight is 492 g/mol. The Bertz CT molecular complexity index is 1040. The van der Waals surface area contributed by atoms with Crippen molar-refractivity contribution in [1.29, 1.82) is 0 Å². The van der Waals surface area contributed by atoms with Crippen LogP contribution in [0.15, 0.2) is 42.5 Å². The first-order valence-corrected chi connectivity index (χ1v) is 10.7. The van der Waals surface area contributed by atoms with Crippen molar-refractivity contribution >= 4 is 12.0 Å². The van der Waals surface area contributed by atoms with E-state index >= 15 is 0 Å². The molecule has 0 unspecified atom stereocenters. The molecule has 0 spiro atoms. The SMILES string of the molecule is CO[C@@H]1[C@H](O)[C@H](OCCc2ccc(O)c(O)c2)O[C@@H](COC(=O)/C=C/c2ccc(O)c(O)c2)[C@H]1O. The van der Waals surface area contributed by atoms with Crippen LogP contribution in [0.2, 0.25) is 0 Å². The van der Waals surface area contributed by atoms with Crippen molar-refractivity contribution < 1.29 is 54.4 Å². The Balaban J connectivity index is 1.55. The van der Waals surface area contributed by atoms with Gasteiger partial charge in [-0.25, -0.2) is 4.79 Å². The zero-order valence-electron chi connectivity index (χ0n) is 18.9. The second-order valence-electron chi connectivity index (χ2n) is 7.88. The predicted molar refractivity (Wildman–Crippen MR) is 121 cm³/mol. The van der Waals surface area contributed by atoms with Crippen molar-refractivity contribution in [1.82, 2.24) is 0 Å². The van der Waals surface area contributed by atoms with Crippen LogP contribution in [0.25, 0.3) is 6.08 Å². The van der Waals surface area contributed by atoms with Crippen LogP contribution in [-0.4, -0.2) is 87.6 Å². The van der Waals surface area contributed by atoms with Crippen LogP contribution in [0.5, 0.6) is 23.0 Å². The fraction of sp³-hybridized carbons (Fsp3) is 0.375. The van der Waals surface area contributed by atoms with Crippen LogP contribution in [0.3, 0.4) is 0 Å². The number of aliphatic hydroxyl groups excluding tert-OH is 2. The number of hydrogen-bond acceptors (Lipinski definition) is 11. The van der Waals surface area contributed by atoms with Crippen molar-refractivity contribution in [2.24, 2.45) is 0 Å². The number of phenolic OH excluding ortho intramolecular Hbond substituents is 4. The number of rotatable bonds is 9. The summed E-state index contributed by atoms with van der Waals surface area (Å²) in [6.07, 6.45) is -3.14. The van der Waals surface area contributed by atoms with E-state index in [-0.39, 0.29) is 36.2 Å². The fourth-order valence-electron chi connectivity index (χ4n) is 3.49. The predicted octanol–water partition coefficient (Wildman–Crippen LogP) is 0.786. The number of esters is 1. The van der Waals surface area contributed by atoms with Gasteiger partial charge in [0.1, 0.15) is 31.0 Å². The maximum Gasteiger partial charge on any atom is 0.330 e. The number of hydrogen-bond donors (Lipinski definition) is 6. The zero-order valence-corrected chi connectivity index (χ0v) is 18.9. The minimum absolute atomic E-state index is 0.0766. The van der Waals surface area contributed by atoms with Gasteiger partial charge in [-0.1, -0.05) is 12.1 Å². The molecule has 11 nitrogen and oxygen atoms in total. The van der Waals surface area contributed by atoms with Crippen LogP contribution in [0.1, 0.15) is 11.1 Å². The topological polar surface area (TPSA) is 175 Å². The highest BCUT2D eigenvalue weighted by atomic mass is 16.7. The van der Waals surface area contributed by atoms with Gasteiger partial charge in [0.25, 0.3) is 0 Å². The number of phenols is 4. The number of ether oxygens (including phenoxy) is 4. The summed E-state index contributed by atoms with van der Waals surface area (Å²) in [6.45, 7) is -0.281. The van der Waals surface area contributed by atoms with E-state index in [1.165, 1.54) is 43.5 Å². The maximum absolute atomic E-state index is 12.1. The zero-order chi connectivity index (χ0) is 25.5. The summed E-state index contributed by atoms with van der Waals surface area (Å²) >= 11 is 0. The van der Waals surface area contributed by atoms with Gasteiger partial charge in [-0.2, -0.15) is 0 Å². The molecule has 0 aromatic heterocycles. The third-order valence-electron chi connectivity index (χ3n) is 5.43. The second-order valence-corrected chi connectivity index (χ2v) is 7.88.